The molecule has 1 aliphatic rings. The van der Waals surface area contributed by atoms with Gasteiger partial charge < -0.3 is 40.3 Å². The number of hydrogen-bond acceptors (Lipinski definition) is 5. The number of halogens is 4. The molecule has 0 radical (unpaired) electrons. The van der Waals surface area contributed by atoms with Crippen LogP contribution < -0.4 is 27.9 Å². The maximum atomic E-state index is 12.8. The molecule has 5 nitrogen and oxygen atoms in total. The van der Waals surface area contributed by atoms with Crippen LogP contribution in [0.3, 0.4) is 0 Å². The van der Waals surface area contributed by atoms with Crippen LogP contribution in [-0.4, -0.2) is 78.9 Å². The van der Waals surface area contributed by atoms with E-state index in [9.17, 15) is 13.2 Å². The van der Waals surface area contributed by atoms with E-state index in [1.165, 1.54) is 82.7 Å². The third-order valence-corrected chi connectivity index (χ3v) is 4.66. The van der Waals surface area contributed by atoms with E-state index >= 15 is 0 Å². The van der Waals surface area contributed by atoms with Gasteiger partial charge in [0, 0.05) is 47.5 Å². The van der Waals surface area contributed by atoms with Crippen LogP contribution in [0.5, 0.6) is 0 Å². The molecule has 1 heterocycles. The molecular formula is C27H36B2BrF3MgO5. The van der Waals surface area contributed by atoms with E-state index in [-0.39, 0.29) is 71.8 Å². The Balaban J connectivity index is -0.000000494. The van der Waals surface area contributed by atoms with E-state index in [1.54, 1.807) is 31.4 Å². The standard InChI is InChI=1S/C13H11BF2O.C6H4F.C4H8O.C3H9BO3.CH4.BrH.Mg/c1-17-14(10-2-6-12(15)7-3-10)11-4-8-13(16)9-5-11;7-6-4-2-1-3-5-6;1-2-4-5-3-1;1-5-4(6-2)7-3;;;/h2-9H,1H3;2-5H;1-4H2;1-3H3;1H4;1H;/q;-1;;;;;+2/p-1. The van der Waals surface area contributed by atoms with Gasteiger partial charge in [0.2, 0.25) is 0 Å². The first-order valence-corrected chi connectivity index (χ1v) is 11.3. The summed E-state index contributed by atoms with van der Waals surface area (Å²) in [5.41, 5.74) is 1.67. The summed E-state index contributed by atoms with van der Waals surface area (Å²) in [6.07, 6.45) is 2.56. The van der Waals surface area contributed by atoms with Gasteiger partial charge in [-0.05, 0) is 48.0 Å². The number of ether oxygens (including phenoxy) is 1. The molecule has 0 spiro atoms. The molecule has 0 aliphatic carbocycles. The number of hydrogen-bond donors (Lipinski definition) is 0. The minimum Gasteiger partial charge on any atom is -1.00 e. The van der Waals surface area contributed by atoms with E-state index < -0.39 is 7.32 Å². The van der Waals surface area contributed by atoms with Gasteiger partial charge in [0.1, 0.15) is 11.6 Å². The van der Waals surface area contributed by atoms with Crippen LogP contribution in [0.15, 0.2) is 72.8 Å². The molecule has 4 rings (SSSR count). The second kappa shape index (κ2) is 26.8. The minimum absolute atomic E-state index is 0. The van der Waals surface area contributed by atoms with Gasteiger partial charge in [-0.15, -0.1) is 12.1 Å². The average Bonchev–Trinajstić information content (AvgIpc) is 3.50. The molecule has 0 bridgehead atoms. The first-order chi connectivity index (χ1) is 17.4. The first-order valence-electron chi connectivity index (χ1n) is 11.3. The van der Waals surface area contributed by atoms with Crippen LogP contribution in [0.25, 0.3) is 0 Å². The summed E-state index contributed by atoms with van der Waals surface area (Å²) in [4.78, 5) is 0. The van der Waals surface area contributed by atoms with Crippen LogP contribution in [0, 0.1) is 23.5 Å². The van der Waals surface area contributed by atoms with E-state index in [4.69, 9.17) is 9.39 Å². The van der Waals surface area contributed by atoms with Crippen molar-refractivity contribution in [3.05, 3.63) is 96.3 Å². The molecule has 3 aromatic carbocycles. The molecule has 1 saturated heterocycles. The molecule has 3 aromatic rings. The Morgan fingerprint density at radius 2 is 1.00 bits per heavy atom. The van der Waals surface area contributed by atoms with E-state index in [0.717, 1.165) is 24.1 Å². The molecule has 0 N–H and O–H groups in total. The molecule has 0 aromatic heterocycles. The van der Waals surface area contributed by atoms with Gasteiger partial charge in [-0.3, -0.25) is 0 Å². The van der Waals surface area contributed by atoms with Crippen molar-refractivity contribution >= 4 is 48.2 Å². The Hall–Kier alpha value is -1.37. The van der Waals surface area contributed by atoms with E-state index in [1.807, 2.05) is 0 Å². The zero-order chi connectivity index (χ0) is 26.6. The van der Waals surface area contributed by atoms with Gasteiger partial charge in [-0.2, -0.15) is 18.2 Å². The minimum atomic E-state index is -0.514. The first kappa shape index (κ1) is 42.1. The summed E-state index contributed by atoms with van der Waals surface area (Å²) in [6, 6.07) is 20.6. The molecule has 39 heavy (non-hydrogen) atoms. The second-order valence-electron chi connectivity index (χ2n) is 7.25. The smallest absolute Gasteiger partial charge is 1.00 e. The van der Waals surface area contributed by atoms with Gasteiger partial charge >= 0.3 is 37.3 Å². The Labute approximate surface area is 258 Å². The predicted molar refractivity (Wildman–Crippen MR) is 149 cm³/mol. The fourth-order valence-electron chi connectivity index (χ4n) is 2.91. The van der Waals surface area contributed by atoms with E-state index in [0.29, 0.717) is 0 Å². The fourth-order valence-corrected chi connectivity index (χ4v) is 2.91. The normalized spacial score (nSPS) is 10.7. The van der Waals surface area contributed by atoms with Gasteiger partial charge in [0.15, 0.2) is 0 Å². The van der Waals surface area contributed by atoms with Crippen molar-refractivity contribution in [3.63, 3.8) is 0 Å². The molecule has 210 valence electrons. The summed E-state index contributed by atoms with van der Waals surface area (Å²) in [5, 5.41) is 0. The summed E-state index contributed by atoms with van der Waals surface area (Å²) >= 11 is 0. The topological polar surface area (TPSA) is 46.2 Å². The van der Waals surface area contributed by atoms with Gasteiger partial charge in [0.25, 0.3) is 0 Å². The third-order valence-electron chi connectivity index (χ3n) is 4.66. The molecule has 0 amide bonds. The van der Waals surface area contributed by atoms with Crippen LogP contribution in [0.2, 0.25) is 0 Å². The van der Waals surface area contributed by atoms with Crippen molar-refractivity contribution in [2.45, 2.75) is 20.3 Å². The summed E-state index contributed by atoms with van der Waals surface area (Å²) in [7, 11) is 5.59. The Bertz CT molecular complexity index is 866. The summed E-state index contributed by atoms with van der Waals surface area (Å²) < 4.78 is 61.6. The van der Waals surface area contributed by atoms with Crippen LogP contribution in [0.4, 0.5) is 13.2 Å². The van der Waals surface area contributed by atoms with Gasteiger partial charge in [-0.1, -0.05) is 31.7 Å². The van der Waals surface area contributed by atoms with Crippen LogP contribution >= 0.6 is 0 Å². The molecule has 0 saturated carbocycles. The zero-order valence-electron chi connectivity index (χ0n) is 22.2. The average molecular weight is 623 g/mol. The Kier molecular flexibility index (Phi) is 29.0. The molecule has 0 unspecified atom stereocenters. The van der Waals surface area contributed by atoms with E-state index in [2.05, 4.69) is 20.0 Å². The Morgan fingerprint density at radius 3 is 1.21 bits per heavy atom. The largest absolute Gasteiger partial charge is 2.00 e. The van der Waals surface area contributed by atoms with Crippen molar-refractivity contribution in [2.24, 2.45) is 0 Å². The number of rotatable bonds is 6. The van der Waals surface area contributed by atoms with Crippen LogP contribution in [-0.2, 0) is 23.4 Å². The molecular weight excluding hydrogens is 587 g/mol. The summed E-state index contributed by atoms with van der Waals surface area (Å²) in [6.45, 7) is 1.69. The Morgan fingerprint density at radius 1 is 0.641 bits per heavy atom. The van der Waals surface area contributed by atoms with Gasteiger partial charge in [-0.25, -0.2) is 13.2 Å². The second-order valence-corrected chi connectivity index (χ2v) is 7.25. The monoisotopic (exact) mass is 622 g/mol. The maximum absolute atomic E-state index is 12.8. The maximum Gasteiger partial charge on any atom is 2.00 e. The van der Waals surface area contributed by atoms with Crippen molar-refractivity contribution in [2.75, 3.05) is 41.7 Å². The van der Waals surface area contributed by atoms with Crippen molar-refractivity contribution < 1.29 is 53.5 Å². The SMILES string of the molecule is C.C1CCOC1.COB(OC)OC.COB(c1ccc(F)cc1)c1ccc(F)cc1.Fc1cc[c-]cc1.[Br-].[Mg+2]. The predicted octanol–water partition coefficient (Wildman–Crippen LogP) is 1.31. The third kappa shape index (κ3) is 19.4. The molecule has 1 fully saturated rings. The summed E-state index contributed by atoms with van der Waals surface area (Å²) in [5.74, 6) is -0.788. The van der Waals surface area contributed by atoms with Crippen molar-refractivity contribution in [1.82, 2.24) is 0 Å². The van der Waals surface area contributed by atoms with Gasteiger partial charge in [0.05, 0.1) is 0 Å². The molecule has 0 atom stereocenters. The molecule has 1 aliphatic heterocycles. The number of benzene rings is 3. The molecule has 12 heteroatoms. The van der Waals surface area contributed by atoms with Crippen molar-refractivity contribution in [3.8, 4) is 0 Å². The van der Waals surface area contributed by atoms with Crippen molar-refractivity contribution in [1.29, 1.82) is 0 Å². The quantitative estimate of drug-likeness (QED) is 0.307. The zero-order valence-corrected chi connectivity index (χ0v) is 25.2. The fraction of sp³-hybridized carbons (Fsp3) is 0.333. The van der Waals surface area contributed by atoms with Crippen LogP contribution in [0.1, 0.15) is 20.3 Å².